The Morgan fingerprint density at radius 2 is 2.00 bits per heavy atom. The molecule has 110 valence electrons. The fourth-order valence-electron chi connectivity index (χ4n) is 2.27. The zero-order valence-corrected chi connectivity index (χ0v) is 12.3. The van der Waals surface area contributed by atoms with Crippen molar-refractivity contribution in [2.24, 2.45) is 0 Å². The molecule has 0 saturated heterocycles. The lowest BCUT2D eigenvalue weighted by molar-refractivity contribution is 0.112. The van der Waals surface area contributed by atoms with Gasteiger partial charge < -0.3 is 9.52 Å². The van der Waals surface area contributed by atoms with Crippen LogP contribution < -0.4 is 5.43 Å². The molecule has 0 bridgehead atoms. The molecule has 0 amide bonds. The van der Waals surface area contributed by atoms with Crippen molar-refractivity contribution in [3.05, 3.63) is 63.0 Å². The summed E-state index contributed by atoms with van der Waals surface area (Å²) in [5.41, 5.74) is 1.89. The van der Waals surface area contributed by atoms with E-state index in [2.05, 4.69) is 0 Å². The lowest BCUT2D eigenvalue weighted by atomic mass is 10.0. The van der Waals surface area contributed by atoms with Gasteiger partial charge >= 0.3 is 0 Å². The molecule has 0 spiro atoms. The number of aryl methyl sites for hydroxylation is 1. The topological polar surface area (TPSA) is 67.5 Å². The second kappa shape index (κ2) is 5.31. The number of phenolic OH excluding ortho intramolecular Hbond substituents is 1. The molecule has 0 unspecified atom stereocenters. The quantitative estimate of drug-likeness (QED) is 0.727. The van der Waals surface area contributed by atoms with Gasteiger partial charge in [-0.1, -0.05) is 17.7 Å². The number of aromatic hydroxyl groups is 1. The monoisotopic (exact) mass is 314 g/mol. The summed E-state index contributed by atoms with van der Waals surface area (Å²) in [6, 6.07) is 7.65. The molecule has 0 aliphatic rings. The standard InChI is InChI=1S/C17H11ClO4/c1-9-4-12-16(6-14(9)18)22-8-13(17(12)21)10-2-3-15(20)11(5-10)7-19/h2-8,20H,1H3. The van der Waals surface area contributed by atoms with Crippen molar-refractivity contribution < 1.29 is 14.3 Å². The molecule has 1 heterocycles. The average molecular weight is 315 g/mol. The van der Waals surface area contributed by atoms with Gasteiger partial charge in [0, 0.05) is 11.1 Å². The van der Waals surface area contributed by atoms with Gasteiger partial charge in [0.25, 0.3) is 0 Å². The largest absolute Gasteiger partial charge is 0.507 e. The van der Waals surface area contributed by atoms with Crippen LogP contribution in [0.15, 0.2) is 45.8 Å². The number of hydrogen-bond donors (Lipinski definition) is 1. The summed E-state index contributed by atoms with van der Waals surface area (Å²) in [5.74, 6) is -0.133. The van der Waals surface area contributed by atoms with Gasteiger partial charge in [-0.15, -0.1) is 0 Å². The molecular weight excluding hydrogens is 304 g/mol. The minimum Gasteiger partial charge on any atom is -0.507 e. The van der Waals surface area contributed by atoms with E-state index in [4.69, 9.17) is 16.0 Å². The Labute approximate surface area is 130 Å². The van der Waals surface area contributed by atoms with E-state index >= 15 is 0 Å². The maximum Gasteiger partial charge on any atom is 0.200 e. The van der Waals surface area contributed by atoms with Gasteiger partial charge in [0.05, 0.1) is 16.5 Å². The summed E-state index contributed by atoms with van der Waals surface area (Å²) in [6.45, 7) is 1.80. The van der Waals surface area contributed by atoms with Crippen molar-refractivity contribution >= 4 is 28.9 Å². The van der Waals surface area contributed by atoms with Gasteiger partial charge in [-0.3, -0.25) is 9.59 Å². The zero-order valence-electron chi connectivity index (χ0n) is 11.6. The van der Waals surface area contributed by atoms with Gasteiger partial charge in [0.2, 0.25) is 5.43 Å². The average Bonchev–Trinajstić information content (AvgIpc) is 2.50. The number of carbonyl (C=O) groups excluding carboxylic acids is 1. The first kappa shape index (κ1) is 14.4. The van der Waals surface area contributed by atoms with Crippen LogP contribution in [0.4, 0.5) is 0 Å². The summed E-state index contributed by atoms with van der Waals surface area (Å²) in [4.78, 5) is 23.5. The highest BCUT2D eigenvalue weighted by molar-refractivity contribution is 6.32. The molecule has 0 aliphatic carbocycles. The maximum atomic E-state index is 12.6. The molecule has 0 fully saturated rings. The first-order valence-corrected chi connectivity index (χ1v) is 6.89. The van der Waals surface area contributed by atoms with Crippen LogP contribution in [-0.2, 0) is 0 Å². The Morgan fingerprint density at radius 1 is 1.23 bits per heavy atom. The molecule has 0 radical (unpaired) electrons. The number of fused-ring (bicyclic) bond motifs is 1. The maximum absolute atomic E-state index is 12.6. The normalized spacial score (nSPS) is 10.8. The van der Waals surface area contributed by atoms with Crippen LogP contribution in [0.2, 0.25) is 5.02 Å². The van der Waals surface area contributed by atoms with E-state index in [0.717, 1.165) is 5.56 Å². The second-order valence-corrected chi connectivity index (χ2v) is 5.37. The molecule has 1 N–H and O–H groups in total. The molecule has 3 rings (SSSR count). The molecule has 4 nitrogen and oxygen atoms in total. The lowest BCUT2D eigenvalue weighted by Gasteiger charge is -2.06. The summed E-state index contributed by atoms with van der Waals surface area (Å²) in [6.07, 6.45) is 1.86. The first-order valence-electron chi connectivity index (χ1n) is 6.51. The molecule has 22 heavy (non-hydrogen) atoms. The van der Waals surface area contributed by atoms with Gasteiger partial charge in [-0.2, -0.15) is 0 Å². The minimum atomic E-state index is -0.219. The van der Waals surface area contributed by atoms with E-state index in [1.165, 1.54) is 18.4 Å². The third-order valence-corrected chi connectivity index (χ3v) is 3.93. The number of hydrogen-bond acceptors (Lipinski definition) is 4. The zero-order chi connectivity index (χ0) is 15.9. The van der Waals surface area contributed by atoms with Gasteiger partial charge in [-0.05, 0) is 36.2 Å². The van der Waals surface area contributed by atoms with E-state index in [9.17, 15) is 14.7 Å². The molecule has 0 aliphatic heterocycles. The first-order chi connectivity index (χ1) is 10.5. The Bertz CT molecular complexity index is 957. The van der Waals surface area contributed by atoms with Crippen molar-refractivity contribution in [2.45, 2.75) is 6.92 Å². The molecule has 0 atom stereocenters. The van der Waals surface area contributed by atoms with E-state index < -0.39 is 0 Å². The Morgan fingerprint density at radius 3 is 2.73 bits per heavy atom. The second-order valence-electron chi connectivity index (χ2n) is 4.97. The molecule has 2 aromatic carbocycles. The van der Waals surface area contributed by atoms with Crippen LogP contribution in [0.25, 0.3) is 22.1 Å². The molecule has 3 aromatic rings. The predicted octanol–water partition coefficient (Wildman–Crippen LogP) is 3.94. The third kappa shape index (κ3) is 2.27. The minimum absolute atomic E-state index is 0.115. The van der Waals surface area contributed by atoms with Gasteiger partial charge in [0.1, 0.15) is 17.6 Å². The highest BCUT2D eigenvalue weighted by Crippen LogP contribution is 2.27. The third-order valence-electron chi connectivity index (χ3n) is 3.52. The number of halogens is 1. The fourth-order valence-corrected chi connectivity index (χ4v) is 2.43. The smallest absolute Gasteiger partial charge is 0.200 e. The molecule has 0 saturated carbocycles. The number of rotatable bonds is 2. The van der Waals surface area contributed by atoms with Crippen molar-refractivity contribution in [3.8, 4) is 16.9 Å². The number of benzene rings is 2. The van der Waals surface area contributed by atoms with Crippen LogP contribution in [-0.4, -0.2) is 11.4 Å². The van der Waals surface area contributed by atoms with E-state index in [0.29, 0.717) is 33.4 Å². The van der Waals surface area contributed by atoms with Crippen LogP contribution in [0, 0.1) is 6.92 Å². The van der Waals surface area contributed by atoms with Crippen molar-refractivity contribution in [1.29, 1.82) is 0 Å². The van der Waals surface area contributed by atoms with E-state index in [1.807, 2.05) is 0 Å². The summed E-state index contributed by atoms with van der Waals surface area (Å²) < 4.78 is 5.48. The highest BCUT2D eigenvalue weighted by atomic mass is 35.5. The fraction of sp³-hybridized carbons (Fsp3) is 0.0588. The van der Waals surface area contributed by atoms with Crippen LogP contribution in [0.1, 0.15) is 15.9 Å². The van der Waals surface area contributed by atoms with Crippen LogP contribution >= 0.6 is 11.6 Å². The van der Waals surface area contributed by atoms with Crippen molar-refractivity contribution in [2.75, 3.05) is 0 Å². The number of phenols is 1. The highest BCUT2D eigenvalue weighted by Gasteiger charge is 2.12. The SMILES string of the molecule is Cc1cc2c(=O)c(-c3ccc(O)c(C=O)c3)coc2cc1Cl. The van der Waals surface area contributed by atoms with Gasteiger partial charge in [-0.25, -0.2) is 0 Å². The predicted molar refractivity (Wildman–Crippen MR) is 84.7 cm³/mol. The molecular formula is C17H11ClO4. The number of aldehydes is 1. The van der Waals surface area contributed by atoms with Gasteiger partial charge in [0.15, 0.2) is 6.29 Å². The Hall–Kier alpha value is -2.59. The van der Waals surface area contributed by atoms with Crippen LogP contribution in [0.3, 0.4) is 0 Å². The van der Waals surface area contributed by atoms with E-state index in [-0.39, 0.29) is 16.7 Å². The molecule has 1 aromatic heterocycles. The molecule has 5 heteroatoms. The summed E-state index contributed by atoms with van der Waals surface area (Å²) >= 11 is 6.03. The summed E-state index contributed by atoms with van der Waals surface area (Å²) in [7, 11) is 0. The Balaban J connectivity index is 2.28. The lowest BCUT2D eigenvalue weighted by Crippen LogP contribution is -2.05. The number of carbonyl (C=O) groups is 1. The van der Waals surface area contributed by atoms with Crippen LogP contribution in [0.5, 0.6) is 5.75 Å². The van der Waals surface area contributed by atoms with Crippen molar-refractivity contribution in [3.63, 3.8) is 0 Å². The van der Waals surface area contributed by atoms with Crippen molar-refractivity contribution in [1.82, 2.24) is 0 Å². The Kier molecular flexibility index (Phi) is 3.47. The summed E-state index contributed by atoms with van der Waals surface area (Å²) in [5, 5.41) is 10.5. The van der Waals surface area contributed by atoms with E-state index in [1.54, 1.807) is 25.1 Å².